The Morgan fingerprint density at radius 3 is 2.59 bits per heavy atom. The fraction of sp³-hybridized carbons (Fsp3) is 0.455. The number of carboxylic acid groups (broad SMARTS) is 1. The molecule has 0 saturated carbocycles. The Labute approximate surface area is 99.2 Å². The van der Waals surface area contributed by atoms with E-state index < -0.39 is 12.1 Å². The summed E-state index contributed by atoms with van der Waals surface area (Å²) in [5.41, 5.74) is 1.44. The van der Waals surface area contributed by atoms with Crippen LogP contribution in [0.1, 0.15) is 16.2 Å². The molecule has 1 atom stereocenters. The number of hydrogen-bond acceptors (Lipinski definition) is 3. The standard InChI is InChI=1S/C11H16N2O4/c1-7-4-5-8(13(7)2)10(14)12-6-9(17-3)11(15)16/h4-5,9H,6H2,1-3H3,(H,12,14)(H,15,16). The van der Waals surface area contributed by atoms with Gasteiger partial charge in [-0.1, -0.05) is 0 Å². The second kappa shape index (κ2) is 5.49. The lowest BCUT2D eigenvalue weighted by molar-refractivity contribution is -0.148. The first kappa shape index (κ1) is 13.2. The van der Waals surface area contributed by atoms with Gasteiger partial charge in [0, 0.05) is 19.9 Å². The van der Waals surface area contributed by atoms with E-state index in [9.17, 15) is 9.59 Å². The number of amides is 1. The van der Waals surface area contributed by atoms with Crippen LogP contribution in [0.4, 0.5) is 0 Å². The zero-order valence-electron chi connectivity index (χ0n) is 10.1. The van der Waals surface area contributed by atoms with Crippen LogP contribution in [0.25, 0.3) is 0 Å². The molecule has 94 valence electrons. The quantitative estimate of drug-likeness (QED) is 0.768. The van der Waals surface area contributed by atoms with Crippen LogP contribution in [0, 0.1) is 6.92 Å². The number of carbonyl (C=O) groups is 2. The van der Waals surface area contributed by atoms with Gasteiger partial charge in [-0.05, 0) is 19.1 Å². The normalized spacial score (nSPS) is 12.2. The van der Waals surface area contributed by atoms with Crippen molar-refractivity contribution < 1.29 is 19.4 Å². The van der Waals surface area contributed by atoms with Gasteiger partial charge < -0.3 is 19.7 Å². The Kier molecular flexibility index (Phi) is 4.28. The van der Waals surface area contributed by atoms with Gasteiger partial charge in [-0.15, -0.1) is 0 Å². The summed E-state index contributed by atoms with van der Waals surface area (Å²) in [6, 6.07) is 3.51. The molecule has 0 radical (unpaired) electrons. The van der Waals surface area contributed by atoms with Gasteiger partial charge in [0.1, 0.15) is 5.69 Å². The Balaban J connectivity index is 2.61. The molecule has 2 N–H and O–H groups in total. The zero-order chi connectivity index (χ0) is 13.0. The SMILES string of the molecule is COC(CNC(=O)c1ccc(C)n1C)C(=O)O. The van der Waals surface area contributed by atoms with E-state index in [4.69, 9.17) is 9.84 Å². The lowest BCUT2D eigenvalue weighted by Gasteiger charge is -2.12. The molecule has 6 heteroatoms. The highest BCUT2D eigenvalue weighted by Gasteiger charge is 2.18. The highest BCUT2D eigenvalue weighted by Crippen LogP contribution is 2.05. The van der Waals surface area contributed by atoms with E-state index in [1.807, 2.05) is 13.0 Å². The summed E-state index contributed by atoms with van der Waals surface area (Å²) in [4.78, 5) is 22.4. The molecule has 17 heavy (non-hydrogen) atoms. The molecule has 0 aliphatic carbocycles. The number of ether oxygens (including phenoxy) is 1. The molecule has 0 fully saturated rings. The largest absolute Gasteiger partial charge is 0.479 e. The second-order valence-corrected chi connectivity index (χ2v) is 3.69. The van der Waals surface area contributed by atoms with E-state index in [2.05, 4.69) is 5.32 Å². The van der Waals surface area contributed by atoms with Crippen molar-refractivity contribution in [2.75, 3.05) is 13.7 Å². The molecule has 0 aromatic carbocycles. The van der Waals surface area contributed by atoms with Gasteiger partial charge in [-0.2, -0.15) is 0 Å². The Morgan fingerprint density at radius 2 is 2.18 bits per heavy atom. The van der Waals surface area contributed by atoms with Gasteiger partial charge in [0.05, 0.1) is 6.54 Å². The summed E-state index contributed by atoms with van der Waals surface area (Å²) in [7, 11) is 3.06. The molecule has 1 aromatic heterocycles. The Bertz CT molecular complexity index is 425. The molecule has 1 amide bonds. The highest BCUT2D eigenvalue weighted by molar-refractivity contribution is 5.93. The summed E-state index contributed by atoms with van der Waals surface area (Å²) in [5, 5.41) is 11.3. The number of nitrogens with zero attached hydrogens (tertiary/aromatic N) is 1. The number of aliphatic carboxylic acids is 1. The van der Waals surface area contributed by atoms with Crippen LogP contribution in [0.3, 0.4) is 0 Å². The fourth-order valence-electron chi connectivity index (χ4n) is 1.39. The predicted molar refractivity (Wildman–Crippen MR) is 60.9 cm³/mol. The maximum absolute atomic E-state index is 11.7. The molecular formula is C11H16N2O4. The van der Waals surface area contributed by atoms with Crippen molar-refractivity contribution in [1.82, 2.24) is 9.88 Å². The minimum absolute atomic E-state index is 0.0606. The van der Waals surface area contributed by atoms with E-state index in [1.54, 1.807) is 17.7 Å². The molecule has 1 rings (SSSR count). The summed E-state index contributed by atoms with van der Waals surface area (Å²) in [6.45, 7) is 1.82. The van der Waals surface area contributed by atoms with Crippen LogP contribution in [0.5, 0.6) is 0 Å². The third kappa shape index (κ3) is 3.07. The molecule has 1 unspecified atom stereocenters. The van der Waals surface area contributed by atoms with Gasteiger partial charge in [0.15, 0.2) is 6.10 Å². The Hall–Kier alpha value is -1.82. The molecule has 1 heterocycles. The van der Waals surface area contributed by atoms with Crippen molar-refractivity contribution in [2.24, 2.45) is 7.05 Å². The van der Waals surface area contributed by atoms with Crippen LogP contribution >= 0.6 is 0 Å². The minimum Gasteiger partial charge on any atom is -0.479 e. The van der Waals surface area contributed by atoms with Crippen LogP contribution < -0.4 is 5.32 Å². The first-order valence-corrected chi connectivity index (χ1v) is 5.13. The third-order valence-corrected chi connectivity index (χ3v) is 2.61. The van der Waals surface area contributed by atoms with E-state index in [-0.39, 0.29) is 12.5 Å². The van der Waals surface area contributed by atoms with Gasteiger partial charge in [0.2, 0.25) is 0 Å². The van der Waals surface area contributed by atoms with Crippen molar-refractivity contribution in [3.8, 4) is 0 Å². The van der Waals surface area contributed by atoms with Crippen molar-refractivity contribution in [2.45, 2.75) is 13.0 Å². The van der Waals surface area contributed by atoms with Gasteiger partial charge in [0.25, 0.3) is 5.91 Å². The number of aromatic nitrogens is 1. The molecule has 6 nitrogen and oxygen atoms in total. The number of rotatable bonds is 5. The van der Waals surface area contributed by atoms with Crippen molar-refractivity contribution >= 4 is 11.9 Å². The predicted octanol–water partition coefficient (Wildman–Crippen LogP) is 0.163. The molecular weight excluding hydrogens is 224 g/mol. The molecule has 0 saturated heterocycles. The lowest BCUT2D eigenvalue weighted by Crippen LogP contribution is -2.38. The van der Waals surface area contributed by atoms with Crippen LogP contribution in [-0.2, 0) is 16.6 Å². The van der Waals surface area contributed by atoms with Crippen LogP contribution in [-0.4, -0.2) is 41.3 Å². The van der Waals surface area contributed by atoms with E-state index in [0.29, 0.717) is 5.69 Å². The Morgan fingerprint density at radius 1 is 1.53 bits per heavy atom. The maximum Gasteiger partial charge on any atom is 0.334 e. The average molecular weight is 240 g/mol. The number of aryl methyl sites for hydroxylation is 1. The number of nitrogens with one attached hydrogen (secondary N) is 1. The van der Waals surface area contributed by atoms with Crippen molar-refractivity contribution in [3.63, 3.8) is 0 Å². The van der Waals surface area contributed by atoms with Gasteiger partial charge in [-0.25, -0.2) is 4.79 Å². The fourth-order valence-corrected chi connectivity index (χ4v) is 1.39. The van der Waals surface area contributed by atoms with Crippen molar-refractivity contribution in [3.05, 3.63) is 23.5 Å². The minimum atomic E-state index is -1.10. The third-order valence-electron chi connectivity index (χ3n) is 2.61. The summed E-state index contributed by atoms with van der Waals surface area (Å²) < 4.78 is 6.45. The molecule has 0 bridgehead atoms. The van der Waals surface area contributed by atoms with E-state index >= 15 is 0 Å². The molecule has 0 spiro atoms. The highest BCUT2D eigenvalue weighted by atomic mass is 16.5. The zero-order valence-corrected chi connectivity index (χ0v) is 10.1. The van der Waals surface area contributed by atoms with Gasteiger partial charge >= 0.3 is 5.97 Å². The van der Waals surface area contributed by atoms with Crippen LogP contribution in [0.2, 0.25) is 0 Å². The molecule has 0 aliphatic heterocycles. The van der Waals surface area contributed by atoms with Crippen molar-refractivity contribution in [1.29, 1.82) is 0 Å². The van der Waals surface area contributed by atoms with E-state index in [0.717, 1.165) is 5.69 Å². The average Bonchev–Trinajstić information content (AvgIpc) is 2.60. The number of methoxy groups -OCH3 is 1. The monoisotopic (exact) mass is 240 g/mol. The summed E-state index contributed by atoms with van der Waals surface area (Å²) >= 11 is 0. The van der Waals surface area contributed by atoms with Gasteiger partial charge in [-0.3, -0.25) is 4.79 Å². The van der Waals surface area contributed by atoms with E-state index in [1.165, 1.54) is 7.11 Å². The number of carboxylic acids is 1. The number of carbonyl (C=O) groups excluding carboxylic acids is 1. The first-order valence-electron chi connectivity index (χ1n) is 5.13. The number of hydrogen-bond donors (Lipinski definition) is 2. The smallest absolute Gasteiger partial charge is 0.334 e. The topological polar surface area (TPSA) is 80.6 Å². The second-order valence-electron chi connectivity index (χ2n) is 3.69. The first-order chi connectivity index (χ1) is 7.97. The van der Waals surface area contributed by atoms with Crippen LogP contribution in [0.15, 0.2) is 12.1 Å². The maximum atomic E-state index is 11.7. The summed E-state index contributed by atoms with van der Waals surface area (Å²) in [6.07, 6.45) is -1.03. The lowest BCUT2D eigenvalue weighted by atomic mass is 10.3. The molecule has 1 aromatic rings. The summed E-state index contributed by atoms with van der Waals surface area (Å²) in [5.74, 6) is -1.42. The molecule has 0 aliphatic rings.